The molecule has 0 spiro atoms. The highest BCUT2D eigenvalue weighted by Crippen LogP contribution is 2.32. The molecule has 1 fully saturated rings. The van der Waals surface area contributed by atoms with Gasteiger partial charge in [-0.15, -0.1) is 0 Å². The van der Waals surface area contributed by atoms with E-state index in [1.54, 1.807) is 0 Å². The first-order chi connectivity index (χ1) is 14.0. The molecule has 0 radical (unpaired) electrons. The van der Waals surface area contributed by atoms with E-state index in [4.69, 9.17) is 0 Å². The van der Waals surface area contributed by atoms with Gasteiger partial charge in [0.05, 0.1) is 18.7 Å². The SMILES string of the molecule is COC(=O)N[C@H](CC(C)C)C(=O)N[C@@H]1CC(=O)N(Cc2ccccc2C(F)(F)F)C1. The number of methoxy groups -OCH3 is 1. The maximum absolute atomic E-state index is 13.2. The van der Waals surface area contributed by atoms with Crippen LogP contribution < -0.4 is 10.6 Å². The van der Waals surface area contributed by atoms with E-state index in [0.717, 1.165) is 6.07 Å². The molecule has 1 aromatic carbocycles. The van der Waals surface area contributed by atoms with Crippen LogP contribution in [0.15, 0.2) is 24.3 Å². The summed E-state index contributed by atoms with van der Waals surface area (Å²) < 4.78 is 44.1. The Hall–Kier alpha value is -2.78. The van der Waals surface area contributed by atoms with Crippen LogP contribution in [0.2, 0.25) is 0 Å². The first-order valence-electron chi connectivity index (χ1n) is 9.59. The number of rotatable bonds is 7. The second-order valence-corrected chi connectivity index (χ2v) is 7.66. The molecule has 0 aromatic heterocycles. The van der Waals surface area contributed by atoms with E-state index in [9.17, 15) is 27.6 Å². The van der Waals surface area contributed by atoms with Gasteiger partial charge in [-0.05, 0) is 24.0 Å². The number of alkyl carbamates (subject to hydrolysis) is 1. The number of ether oxygens (including phenoxy) is 1. The molecule has 1 aliphatic rings. The average Bonchev–Trinajstić information content (AvgIpc) is 2.99. The fraction of sp³-hybridized carbons (Fsp3) is 0.550. The molecule has 1 aromatic rings. The van der Waals surface area contributed by atoms with Crippen molar-refractivity contribution in [3.8, 4) is 0 Å². The van der Waals surface area contributed by atoms with E-state index in [-0.39, 0.29) is 36.9 Å². The first-order valence-corrected chi connectivity index (χ1v) is 9.59. The van der Waals surface area contributed by atoms with E-state index < -0.39 is 35.8 Å². The quantitative estimate of drug-likeness (QED) is 0.698. The summed E-state index contributed by atoms with van der Waals surface area (Å²) >= 11 is 0. The number of hydrogen-bond donors (Lipinski definition) is 2. The minimum Gasteiger partial charge on any atom is -0.453 e. The zero-order valence-electron chi connectivity index (χ0n) is 17.1. The van der Waals surface area contributed by atoms with Crippen molar-refractivity contribution >= 4 is 17.9 Å². The summed E-state index contributed by atoms with van der Waals surface area (Å²) in [7, 11) is 1.19. The van der Waals surface area contributed by atoms with E-state index in [1.165, 1.54) is 30.2 Å². The number of alkyl halides is 3. The van der Waals surface area contributed by atoms with Gasteiger partial charge in [-0.25, -0.2) is 4.79 Å². The van der Waals surface area contributed by atoms with E-state index >= 15 is 0 Å². The van der Waals surface area contributed by atoms with E-state index in [1.807, 2.05) is 13.8 Å². The Morgan fingerprint density at radius 3 is 2.53 bits per heavy atom. The summed E-state index contributed by atoms with van der Waals surface area (Å²) in [4.78, 5) is 37.7. The van der Waals surface area contributed by atoms with E-state index in [2.05, 4.69) is 15.4 Å². The summed E-state index contributed by atoms with van der Waals surface area (Å²) in [6, 6.07) is 3.69. The molecule has 30 heavy (non-hydrogen) atoms. The number of hydrogen-bond acceptors (Lipinski definition) is 4. The second kappa shape index (κ2) is 9.82. The minimum atomic E-state index is -4.52. The third-order valence-corrected chi connectivity index (χ3v) is 4.75. The predicted molar refractivity (Wildman–Crippen MR) is 102 cm³/mol. The Kier molecular flexibility index (Phi) is 7.69. The van der Waals surface area contributed by atoms with Crippen LogP contribution >= 0.6 is 0 Å². The molecule has 1 saturated heterocycles. The van der Waals surface area contributed by atoms with Gasteiger partial charge in [0.25, 0.3) is 0 Å². The molecule has 10 heteroatoms. The third kappa shape index (κ3) is 6.36. The molecule has 0 bridgehead atoms. The maximum Gasteiger partial charge on any atom is 0.416 e. The van der Waals surface area contributed by atoms with Gasteiger partial charge in [0.2, 0.25) is 11.8 Å². The topological polar surface area (TPSA) is 87.7 Å². The monoisotopic (exact) mass is 429 g/mol. The van der Waals surface area contributed by atoms with Crippen molar-refractivity contribution < 1.29 is 32.3 Å². The molecule has 0 unspecified atom stereocenters. The van der Waals surface area contributed by atoms with Crippen LogP contribution in [0.5, 0.6) is 0 Å². The molecule has 7 nitrogen and oxygen atoms in total. The summed E-state index contributed by atoms with van der Waals surface area (Å²) in [5.74, 6) is -0.707. The normalized spacial score (nSPS) is 17.8. The molecule has 2 rings (SSSR count). The lowest BCUT2D eigenvalue weighted by atomic mass is 10.0. The van der Waals surface area contributed by atoms with Crippen molar-refractivity contribution in [3.63, 3.8) is 0 Å². The Labute approximate surface area is 172 Å². The Bertz CT molecular complexity index is 783. The van der Waals surface area contributed by atoms with Gasteiger partial charge in [0.1, 0.15) is 6.04 Å². The van der Waals surface area contributed by atoms with Crippen molar-refractivity contribution in [2.75, 3.05) is 13.7 Å². The highest BCUT2D eigenvalue weighted by atomic mass is 19.4. The summed E-state index contributed by atoms with van der Waals surface area (Å²) in [6.45, 7) is 3.66. The van der Waals surface area contributed by atoms with Crippen LogP contribution in [0.25, 0.3) is 0 Å². The molecule has 1 aliphatic heterocycles. The Morgan fingerprint density at radius 2 is 1.93 bits per heavy atom. The fourth-order valence-electron chi connectivity index (χ4n) is 3.37. The van der Waals surface area contributed by atoms with E-state index in [0.29, 0.717) is 6.42 Å². The number of likely N-dealkylation sites (tertiary alicyclic amines) is 1. The molecule has 0 aliphatic carbocycles. The van der Waals surface area contributed by atoms with Crippen LogP contribution in [-0.2, 0) is 27.0 Å². The highest BCUT2D eigenvalue weighted by molar-refractivity contribution is 5.87. The first kappa shape index (κ1) is 23.5. The number of amides is 3. The standard InChI is InChI=1S/C20H26F3N3O4/c1-12(2)8-16(25-19(29)30-3)18(28)24-14-9-17(27)26(11-14)10-13-6-4-5-7-15(13)20(21,22)23/h4-7,12,14,16H,8-11H2,1-3H3,(H,24,28)(H,25,29)/t14-,16-/m1/s1. The number of halogens is 3. The lowest BCUT2D eigenvalue weighted by Gasteiger charge is -2.22. The van der Waals surface area contributed by atoms with Gasteiger partial charge >= 0.3 is 12.3 Å². The number of benzene rings is 1. The molecular formula is C20H26F3N3O4. The third-order valence-electron chi connectivity index (χ3n) is 4.75. The van der Waals surface area contributed by atoms with Gasteiger partial charge in [0, 0.05) is 19.5 Å². The van der Waals surface area contributed by atoms with Crippen LogP contribution in [0.1, 0.15) is 37.8 Å². The van der Waals surface area contributed by atoms with Gasteiger partial charge in [0.15, 0.2) is 0 Å². The van der Waals surface area contributed by atoms with Gasteiger partial charge in [-0.2, -0.15) is 13.2 Å². The average molecular weight is 429 g/mol. The largest absolute Gasteiger partial charge is 0.453 e. The number of carbonyl (C=O) groups is 3. The predicted octanol–water partition coefficient (Wildman–Crippen LogP) is 2.69. The zero-order valence-corrected chi connectivity index (χ0v) is 17.1. The second-order valence-electron chi connectivity index (χ2n) is 7.66. The lowest BCUT2D eigenvalue weighted by molar-refractivity contribution is -0.139. The smallest absolute Gasteiger partial charge is 0.416 e. The van der Waals surface area contributed by atoms with Crippen LogP contribution in [0, 0.1) is 5.92 Å². The maximum atomic E-state index is 13.2. The number of carbonyl (C=O) groups excluding carboxylic acids is 3. The van der Waals surface area contributed by atoms with Crippen LogP contribution in [0.4, 0.5) is 18.0 Å². The van der Waals surface area contributed by atoms with Crippen molar-refractivity contribution in [2.45, 2.75) is 51.5 Å². The van der Waals surface area contributed by atoms with Crippen molar-refractivity contribution in [1.82, 2.24) is 15.5 Å². The van der Waals surface area contributed by atoms with Crippen molar-refractivity contribution in [2.24, 2.45) is 5.92 Å². The van der Waals surface area contributed by atoms with Gasteiger partial charge < -0.3 is 20.3 Å². The number of nitrogens with one attached hydrogen (secondary N) is 2. The summed E-state index contributed by atoms with van der Waals surface area (Å²) in [5.41, 5.74) is -0.792. The Balaban J connectivity index is 2.03. The molecular weight excluding hydrogens is 403 g/mol. The molecule has 166 valence electrons. The molecule has 1 heterocycles. The van der Waals surface area contributed by atoms with Crippen LogP contribution in [-0.4, -0.2) is 48.5 Å². The van der Waals surface area contributed by atoms with Gasteiger partial charge in [-0.1, -0.05) is 32.0 Å². The van der Waals surface area contributed by atoms with Crippen molar-refractivity contribution in [1.29, 1.82) is 0 Å². The van der Waals surface area contributed by atoms with Crippen molar-refractivity contribution in [3.05, 3.63) is 35.4 Å². The molecule has 2 atom stereocenters. The minimum absolute atomic E-state index is 0.00429. The number of nitrogens with zero attached hydrogens (tertiary/aromatic N) is 1. The highest BCUT2D eigenvalue weighted by Gasteiger charge is 2.36. The fourth-order valence-corrected chi connectivity index (χ4v) is 3.37. The molecule has 2 N–H and O–H groups in total. The summed E-state index contributed by atoms with van der Waals surface area (Å²) in [6.07, 6.45) is -4.92. The van der Waals surface area contributed by atoms with Gasteiger partial charge in [-0.3, -0.25) is 9.59 Å². The Morgan fingerprint density at radius 1 is 1.27 bits per heavy atom. The zero-order chi connectivity index (χ0) is 22.5. The van der Waals surface area contributed by atoms with Crippen LogP contribution in [0.3, 0.4) is 0 Å². The summed E-state index contributed by atoms with van der Waals surface area (Å²) in [5, 5.41) is 5.17. The molecule has 3 amide bonds. The lowest BCUT2D eigenvalue weighted by Crippen LogP contribution is -2.50. The molecule has 0 saturated carbocycles.